The van der Waals surface area contributed by atoms with E-state index >= 15 is 0 Å². The lowest BCUT2D eigenvalue weighted by Gasteiger charge is -2.07. The van der Waals surface area contributed by atoms with Crippen LogP contribution in [0.2, 0.25) is 0 Å². The van der Waals surface area contributed by atoms with Crippen LogP contribution >= 0.6 is 0 Å². The lowest BCUT2D eigenvalue weighted by atomic mass is 10.1. The molecule has 0 spiro atoms. The summed E-state index contributed by atoms with van der Waals surface area (Å²) >= 11 is 0. The van der Waals surface area contributed by atoms with Crippen molar-refractivity contribution in [3.63, 3.8) is 0 Å². The molecule has 110 valence electrons. The molecular weight excluding hydrogens is 276 g/mol. The van der Waals surface area contributed by atoms with Crippen molar-refractivity contribution in [2.24, 2.45) is 0 Å². The highest BCUT2D eigenvalue weighted by Gasteiger charge is 2.21. The molecule has 21 heavy (non-hydrogen) atoms. The summed E-state index contributed by atoms with van der Waals surface area (Å²) in [7, 11) is 3.09. The number of ether oxygens (including phenoxy) is 2. The first-order valence-corrected chi connectivity index (χ1v) is 6.07. The Bertz CT molecular complexity index is 691. The van der Waals surface area contributed by atoms with Gasteiger partial charge in [0.15, 0.2) is 17.2 Å². The maximum atomic E-state index is 10.9. The molecule has 0 aliphatic heterocycles. The number of benzene rings is 1. The summed E-state index contributed by atoms with van der Waals surface area (Å²) in [5, 5.41) is 14.6. The number of nitrogens with zero attached hydrogens (tertiary/aromatic N) is 2. The fourth-order valence-corrected chi connectivity index (χ4v) is 1.85. The maximum absolute atomic E-state index is 10.9. The van der Waals surface area contributed by atoms with E-state index in [4.69, 9.17) is 14.0 Å². The van der Waals surface area contributed by atoms with Crippen LogP contribution in [0.1, 0.15) is 17.0 Å². The molecule has 1 aromatic heterocycles. The highest BCUT2D eigenvalue weighted by atomic mass is 16.6. The van der Waals surface area contributed by atoms with Gasteiger partial charge in [0.1, 0.15) is 0 Å². The van der Waals surface area contributed by atoms with Gasteiger partial charge in [-0.05, 0) is 23.8 Å². The predicted molar refractivity (Wildman–Crippen MR) is 76.4 cm³/mol. The molecule has 1 aromatic carbocycles. The second-order valence-electron chi connectivity index (χ2n) is 4.18. The smallest absolute Gasteiger partial charge is 0.338 e. The molecule has 0 aliphatic rings. The van der Waals surface area contributed by atoms with E-state index in [2.05, 4.69) is 5.16 Å². The van der Waals surface area contributed by atoms with E-state index in [1.54, 1.807) is 31.4 Å². The van der Waals surface area contributed by atoms with E-state index in [1.807, 2.05) is 0 Å². The Kier molecular flexibility index (Phi) is 4.22. The van der Waals surface area contributed by atoms with Crippen LogP contribution in [0.3, 0.4) is 0 Å². The number of aromatic nitrogens is 1. The fraction of sp³-hybridized carbons (Fsp3) is 0.214. The van der Waals surface area contributed by atoms with Gasteiger partial charge < -0.3 is 14.0 Å². The average Bonchev–Trinajstić information content (AvgIpc) is 2.85. The molecule has 0 atom stereocenters. The van der Waals surface area contributed by atoms with Gasteiger partial charge in [-0.15, -0.1) is 0 Å². The Morgan fingerprint density at radius 1 is 1.24 bits per heavy atom. The van der Waals surface area contributed by atoms with Crippen molar-refractivity contribution in [3.8, 4) is 11.5 Å². The van der Waals surface area contributed by atoms with Crippen molar-refractivity contribution in [2.75, 3.05) is 14.2 Å². The zero-order chi connectivity index (χ0) is 15.4. The van der Waals surface area contributed by atoms with Crippen LogP contribution in [0.25, 0.3) is 12.2 Å². The Morgan fingerprint density at radius 2 is 1.95 bits per heavy atom. The highest BCUT2D eigenvalue weighted by Crippen LogP contribution is 2.29. The molecule has 0 saturated carbocycles. The SMILES string of the molecule is COc1ccc(/C=C/c2noc(C)c2[N+](=O)[O-])cc1OC. The molecule has 0 saturated heterocycles. The minimum absolute atomic E-state index is 0.133. The second kappa shape index (κ2) is 6.08. The maximum Gasteiger partial charge on any atom is 0.338 e. The number of hydrogen-bond donors (Lipinski definition) is 0. The zero-order valence-electron chi connectivity index (χ0n) is 11.8. The molecule has 0 N–H and O–H groups in total. The molecule has 0 amide bonds. The van der Waals surface area contributed by atoms with Crippen LogP contribution in [0.5, 0.6) is 11.5 Å². The van der Waals surface area contributed by atoms with E-state index in [9.17, 15) is 10.1 Å². The van der Waals surface area contributed by atoms with Crippen LogP contribution in [0.15, 0.2) is 22.7 Å². The molecule has 7 nitrogen and oxygen atoms in total. The average molecular weight is 290 g/mol. The summed E-state index contributed by atoms with van der Waals surface area (Å²) in [5.74, 6) is 1.36. The minimum Gasteiger partial charge on any atom is -0.493 e. The van der Waals surface area contributed by atoms with Crippen LogP contribution in [0.4, 0.5) is 5.69 Å². The fourth-order valence-electron chi connectivity index (χ4n) is 1.85. The Hall–Kier alpha value is -2.83. The summed E-state index contributed by atoms with van der Waals surface area (Å²) in [5.41, 5.74) is 0.835. The first kappa shape index (κ1) is 14.6. The summed E-state index contributed by atoms with van der Waals surface area (Å²) in [4.78, 5) is 10.4. The molecule has 0 radical (unpaired) electrons. The van der Waals surface area contributed by atoms with Gasteiger partial charge in [-0.25, -0.2) is 0 Å². The summed E-state index contributed by atoms with van der Waals surface area (Å²) < 4.78 is 15.2. The number of rotatable bonds is 5. The molecule has 0 unspecified atom stereocenters. The Balaban J connectivity index is 2.32. The molecule has 2 rings (SSSR count). The van der Waals surface area contributed by atoms with Crippen LogP contribution < -0.4 is 9.47 Å². The molecule has 1 heterocycles. The van der Waals surface area contributed by atoms with Crippen molar-refractivity contribution >= 4 is 17.8 Å². The summed E-state index contributed by atoms with van der Waals surface area (Å²) in [6.07, 6.45) is 3.21. The first-order chi connectivity index (χ1) is 10.1. The van der Waals surface area contributed by atoms with E-state index in [0.29, 0.717) is 11.5 Å². The molecular formula is C14H14N2O5. The van der Waals surface area contributed by atoms with Crippen molar-refractivity contribution in [1.29, 1.82) is 0 Å². The third-order valence-electron chi connectivity index (χ3n) is 2.88. The van der Waals surface area contributed by atoms with Crippen LogP contribution in [-0.4, -0.2) is 24.3 Å². The number of nitro groups is 1. The molecule has 0 aliphatic carbocycles. The van der Waals surface area contributed by atoms with Gasteiger partial charge >= 0.3 is 5.69 Å². The Labute approximate surface area is 120 Å². The van der Waals surface area contributed by atoms with E-state index in [0.717, 1.165) is 5.56 Å². The number of methoxy groups -OCH3 is 2. The minimum atomic E-state index is -0.514. The summed E-state index contributed by atoms with van der Waals surface area (Å²) in [6, 6.07) is 5.31. The number of aryl methyl sites for hydroxylation is 1. The van der Waals surface area contributed by atoms with Crippen LogP contribution in [0, 0.1) is 17.0 Å². The van der Waals surface area contributed by atoms with Crippen molar-refractivity contribution in [3.05, 3.63) is 45.3 Å². The molecule has 0 fully saturated rings. The third kappa shape index (κ3) is 3.02. The molecule has 2 aromatic rings. The molecule has 7 heteroatoms. The lowest BCUT2D eigenvalue weighted by Crippen LogP contribution is -1.91. The third-order valence-corrected chi connectivity index (χ3v) is 2.88. The van der Waals surface area contributed by atoms with Crippen molar-refractivity contribution in [1.82, 2.24) is 5.16 Å². The largest absolute Gasteiger partial charge is 0.493 e. The zero-order valence-corrected chi connectivity index (χ0v) is 11.8. The normalized spacial score (nSPS) is 10.8. The summed E-state index contributed by atoms with van der Waals surface area (Å²) in [6.45, 7) is 1.50. The molecule has 0 bridgehead atoms. The van der Waals surface area contributed by atoms with Crippen molar-refractivity contribution in [2.45, 2.75) is 6.92 Å². The Morgan fingerprint density at radius 3 is 2.57 bits per heavy atom. The van der Waals surface area contributed by atoms with Gasteiger partial charge in [0, 0.05) is 6.92 Å². The van der Waals surface area contributed by atoms with Gasteiger partial charge in [-0.3, -0.25) is 10.1 Å². The highest BCUT2D eigenvalue weighted by molar-refractivity contribution is 5.73. The first-order valence-electron chi connectivity index (χ1n) is 6.07. The second-order valence-corrected chi connectivity index (χ2v) is 4.18. The van der Waals surface area contributed by atoms with Crippen LogP contribution in [-0.2, 0) is 0 Å². The van der Waals surface area contributed by atoms with Crippen molar-refractivity contribution < 1.29 is 18.9 Å². The van der Waals surface area contributed by atoms with Gasteiger partial charge in [0.25, 0.3) is 0 Å². The predicted octanol–water partition coefficient (Wildman–Crippen LogP) is 3.08. The topological polar surface area (TPSA) is 87.6 Å². The van der Waals surface area contributed by atoms with Gasteiger partial charge in [0.2, 0.25) is 5.76 Å². The standard InChI is InChI=1S/C14H14N2O5/c1-9-14(16(17)18)11(15-21-9)6-4-10-5-7-12(19-2)13(8-10)20-3/h4-8H,1-3H3/b6-4+. The van der Waals surface area contributed by atoms with E-state index in [-0.39, 0.29) is 17.1 Å². The van der Waals surface area contributed by atoms with E-state index < -0.39 is 4.92 Å². The lowest BCUT2D eigenvalue weighted by molar-refractivity contribution is -0.386. The van der Waals surface area contributed by atoms with Gasteiger partial charge in [0.05, 0.1) is 19.1 Å². The quantitative estimate of drug-likeness (QED) is 0.621. The van der Waals surface area contributed by atoms with Gasteiger partial charge in [-0.2, -0.15) is 0 Å². The van der Waals surface area contributed by atoms with E-state index in [1.165, 1.54) is 20.1 Å². The number of hydrogen-bond acceptors (Lipinski definition) is 6. The monoisotopic (exact) mass is 290 g/mol. The van der Waals surface area contributed by atoms with Gasteiger partial charge in [-0.1, -0.05) is 17.3 Å².